The Bertz CT molecular complexity index is 496. The van der Waals surface area contributed by atoms with Gasteiger partial charge in [0.1, 0.15) is 0 Å². The summed E-state index contributed by atoms with van der Waals surface area (Å²) in [7, 11) is 0. The molecule has 0 aliphatic heterocycles. The monoisotopic (exact) mass is 286 g/mol. The van der Waals surface area contributed by atoms with E-state index in [0.717, 1.165) is 36.9 Å². The van der Waals surface area contributed by atoms with Crippen LogP contribution in [0.1, 0.15) is 56.0 Å². The average Bonchev–Trinajstić information content (AvgIpc) is 2.53. The first kappa shape index (κ1) is 17.3. The number of carbonyl (C=O) groups excluding carboxylic acids is 1. The molecule has 0 heterocycles. The standard InChI is InChI=1S/C18H26N2O/c1-4-6-14-20(15(3)5-2)18(21)17-11-9-16(10-12-17)8-7-13-19/h9-12,15H,4-6,13-14,19H2,1-3H3. The minimum atomic E-state index is 0.108. The summed E-state index contributed by atoms with van der Waals surface area (Å²) in [6.45, 7) is 7.53. The second-order valence-corrected chi connectivity index (χ2v) is 5.19. The first-order chi connectivity index (χ1) is 10.1. The number of benzene rings is 1. The zero-order valence-electron chi connectivity index (χ0n) is 13.4. The summed E-state index contributed by atoms with van der Waals surface area (Å²) in [6.07, 6.45) is 3.10. The van der Waals surface area contributed by atoms with Gasteiger partial charge in [-0.05, 0) is 44.0 Å². The summed E-state index contributed by atoms with van der Waals surface area (Å²) in [5.41, 5.74) is 6.97. The van der Waals surface area contributed by atoms with E-state index in [0.29, 0.717) is 6.54 Å². The molecule has 1 aromatic carbocycles. The highest BCUT2D eigenvalue weighted by atomic mass is 16.2. The second kappa shape index (κ2) is 9.20. The molecule has 3 heteroatoms. The van der Waals surface area contributed by atoms with Gasteiger partial charge in [-0.1, -0.05) is 32.1 Å². The van der Waals surface area contributed by atoms with Crippen molar-refractivity contribution in [3.63, 3.8) is 0 Å². The van der Waals surface area contributed by atoms with Crippen molar-refractivity contribution in [2.24, 2.45) is 5.73 Å². The molecule has 1 amide bonds. The predicted molar refractivity (Wildman–Crippen MR) is 88.1 cm³/mol. The molecule has 2 N–H and O–H groups in total. The van der Waals surface area contributed by atoms with E-state index in [9.17, 15) is 4.79 Å². The van der Waals surface area contributed by atoms with Gasteiger partial charge in [-0.15, -0.1) is 0 Å². The van der Waals surface area contributed by atoms with Gasteiger partial charge in [-0.25, -0.2) is 0 Å². The van der Waals surface area contributed by atoms with Crippen LogP contribution in [0.15, 0.2) is 24.3 Å². The van der Waals surface area contributed by atoms with Crippen molar-refractivity contribution in [1.82, 2.24) is 4.90 Å². The van der Waals surface area contributed by atoms with Crippen molar-refractivity contribution >= 4 is 5.91 Å². The number of unbranched alkanes of at least 4 members (excludes halogenated alkanes) is 1. The Morgan fingerprint density at radius 2 is 1.95 bits per heavy atom. The molecule has 0 fully saturated rings. The molecule has 0 saturated carbocycles. The van der Waals surface area contributed by atoms with Gasteiger partial charge in [0.2, 0.25) is 0 Å². The zero-order chi connectivity index (χ0) is 15.7. The third kappa shape index (κ3) is 5.24. The van der Waals surface area contributed by atoms with E-state index in [1.807, 2.05) is 29.2 Å². The third-order valence-electron chi connectivity index (χ3n) is 3.60. The molecule has 114 valence electrons. The fourth-order valence-corrected chi connectivity index (χ4v) is 2.09. The molecular weight excluding hydrogens is 260 g/mol. The number of rotatable bonds is 6. The highest BCUT2D eigenvalue weighted by molar-refractivity contribution is 5.94. The van der Waals surface area contributed by atoms with Gasteiger partial charge in [0.05, 0.1) is 6.54 Å². The van der Waals surface area contributed by atoms with E-state index in [2.05, 4.69) is 32.6 Å². The molecule has 21 heavy (non-hydrogen) atoms. The molecule has 0 radical (unpaired) electrons. The van der Waals surface area contributed by atoms with Crippen molar-refractivity contribution in [2.75, 3.05) is 13.1 Å². The highest BCUT2D eigenvalue weighted by Crippen LogP contribution is 2.13. The van der Waals surface area contributed by atoms with Crippen LogP contribution in [0.4, 0.5) is 0 Å². The molecule has 0 bridgehead atoms. The predicted octanol–water partition coefficient (Wildman–Crippen LogP) is 3.04. The number of carbonyl (C=O) groups is 1. The summed E-state index contributed by atoms with van der Waals surface area (Å²) < 4.78 is 0. The Morgan fingerprint density at radius 1 is 1.29 bits per heavy atom. The maximum absolute atomic E-state index is 12.6. The van der Waals surface area contributed by atoms with Crippen LogP contribution in [-0.4, -0.2) is 29.9 Å². The van der Waals surface area contributed by atoms with Crippen molar-refractivity contribution < 1.29 is 4.79 Å². The molecule has 1 aromatic rings. The Morgan fingerprint density at radius 3 is 2.48 bits per heavy atom. The molecule has 0 spiro atoms. The van der Waals surface area contributed by atoms with Crippen molar-refractivity contribution in [1.29, 1.82) is 0 Å². The van der Waals surface area contributed by atoms with Crippen LogP contribution < -0.4 is 5.73 Å². The zero-order valence-corrected chi connectivity index (χ0v) is 13.4. The summed E-state index contributed by atoms with van der Waals surface area (Å²) >= 11 is 0. The van der Waals surface area contributed by atoms with Crippen LogP contribution in [-0.2, 0) is 0 Å². The number of nitrogens with two attached hydrogens (primary N) is 1. The summed E-state index contributed by atoms with van der Waals surface area (Å²) in [5, 5.41) is 0. The number of amides is 1. The van der Waals surface area contributed by atoms with Crippen LogP contribution in [0.5, 0.6) is 0 Å². The van der Waals surface area contributed by atoms with E-state index in [-0.39, 0.29) is 11.9 Å². The smallest absolute Gasteiger partial charge is 0.254 e. The van der Waals surface area contributed by atoms with E-state index < -0.39 is 0 Å². The second-order valence-electron chi connectivity index (χ2n) is 5.19. The largest absolute Gasteiger partial charge is 0.336 e. The molecular formula is C18H26N2O. The summed E-state index contributed by atoms with van der Waals surface area (Å²) in [5.74, 6) is 5.89. The van der Waals surface area contributed by atoms with Gasteiger partial charge >= 0.3 is 0 Å². The summed E-state index contributed by atoms with van der Waals surface area (Å²) in [6, 6.07) is 7.73. The van der Waals surface area contributed by atoms with Crippen LogP contribution >= 0.6 is 0 Å². The fourth-order valence-electron chi connectivity index (χ4n) is 2.09. The maximum Gasteiger partial charge on any atom is 0.254 e. The van der Waals surface area contributed by atoms with Gasteiger partial charge in [0, 0.05) is 23.7 Å². The molecule has 0 aromatic heterocycles. The Labute approximate surface area is 128 Å². The van der Waals surface area contributed by atoms with E-state index in [1.54, 1.807) is 0 Å². The van der Waals surface area contributed by atoms with E-state index in [4.69, 9.17) is 5.73 Å². The molecule has 1 rings (SSSR count). The summed E-state index contributed by atoms with van der Waals surface area (Å²) in [4.78, 5) is 14.6. The van der Waals surface area contributed by atoms with Crippen molar-refractivity contribution in [3.8, 4) is 11.8 Å². The Kier molecular flexibility index (Phi) is 7.56. The SMILES string of the molecule is CCCCN(C(=O)c1ccc(C#CCN)cc1)C(C)CC. The van der Waals surface area contributed by atoms with E-state index >= 15 is 0 Å². The Hall–Kier alpha value is -1.79. The average molecular weight is 286 g/mol. The number of hydrogen-bond donors (Lipinski definition) is 1. The lowest BCUT2D eigenvalue weighted by molar-refractivity contribution is 0.0685. The normalized spacial score (nSPS) is 11.4. The van der Waals surface area contributed by atoms with Crippen LogP contribution in [0.3, 0.4) is 0 Å². The van der Waals surface area contributed by atoms with Crippen LogP contribution in [0.2, 0.25) is 0 Å². The van der Waals surface area contributed by atoms with E-state index in [1.165, 1.54) is 0 Å². The molecule has 0 aliphatic carbocycles. The minimum Gasteiger partial charge on any atom is -0.336 e. The van der Waals surface area contributed by atoms with Gasteiger partial charge in [-0.3, -0.25) is 4.79 Å². The number of hydrogen-bond acceptors (Lipinski definition) is 2. The maximum atomic E-state index is 12.6. The quantitative estimate of drug-likeness (QED) is 0.817. The first-order valence-corrected chi connectivity index (χ1v) is 7.74. The number of nitrogens with zero attached hydrogens (tertiary/aromatic N) is 1. The van der Waals surface area contributed by atoms with Gasteiger partial charge in [0.25, 0.3) is 5.91 Å². The van der Waals surface area contributed by atoms with Crippen LogP contribution in [0, 0.1) is 11.8 Å². The highest BCUT2D eigenvalue weighted by Gasteiger charge is 2.19. The molecule has 0 aliphatic rings. The molecule has 1 atom stereocenters. The third-order valence-corrected chi connectivity index (χ3v) is 3.60. The van der Waals surface area contributed by atoms with Gasteiger partial charge in [0.15, 0.2) is 0 Å². The molecule has 0 saturated heterocycles. The fraction of sp³-hybridized carbons (Fsp3) is 0.500. The lowest BCUT2D eigenvalue weighted by Crippen LogP contribution is -2.39. The lowest BCUT2D eigenvalue weighted by Gasteiger charge is -2.28. The van der Waals surface area contributed by atoms with Crippen LogP contribution in [0.25, 0.3) is 0 Å². The molecule has 1 unspecified atom stereocenters. The van der Waals surface area contributed by atoms with Crippen molar-refractivity contribution in [3.05, 3.63) is 35.4 Å². The van der Waals surface area contributed by atoms with Gasteiger partial charge < -0.3 is 10.6 Å². The molecule has 3 nitrogen and oxygen atoms in total. The van der Waals surface area contributed by atoms with Crippen molar-refractivity contribution in [2.45, 2.75) is 46.1 Å². The minimum absolute atomic E-state index is 0.108. The lowest BCUT2D eigenvalue weighted by atomic mass is 10.1. The Balaban J connectivity index is 2.87. The topological polar surface area (TPSA) is 46.3 Å². The first-order valence-electron chi connectivity index (χ1n) is 7.74. The van der Waals surface area contributed by atoms with Gasteiger partial charge in [-0.2, -0.15) is 0 Å².